The van der Waals surface area contributed by atoms with Gasteiger partial charge in [0.15, 0.2) is 6.10 Å². The molecule has 1 heterocycles. The Labute approximate surface area is 151 Å². The van der Waals surface area contributed by atoms with Gasteiger partial charge in [-0.2, -0.15) is 0 Å². The number of carbonyl (C=O) groups is 1. The number of amides is 1. The quantitative estimate of drug-likeness (QED) is 0.546. The van der Waals surface area contributed by atoms with E-state index in [2.05, 4.69) is 5.32 Å². The lowest BCUT2D eigenvalue weighted by atomic mass is 10.1. The van der Waals surface area contributed by atoms with E-state index in [9.17, 15) is 4.79 Å². The summed E-state index contributed by atoms with van der Waals surface area (Å²) < 4.78 is 11.6. The van der Waals surface area contributed by atoms with Crippen molar-refractivity contribution in [2.24, 2.45) is 0 Å². The Bertz CT molecular complexity index is 1100. The molecule has 130 valence electrons. The van der Waals surface area contributed by atoms with E-state index >= 15 is 0 Å². The summed E-state index contributed by atoms with van der Waals surface area (Å²) in [5, 5.41) is 4.99. The van der Waals surface area contributed by atoms with Crippen LogP contribution in [-0.2, 0) is 4.79 Å². The second kappa shape index (κ2) is 6.56. The average Bonchev–Trinajstić information content (AvgIpc) is 3.01. The maximum Gasteiger partial charge on any atom is 0.265 e. The number of benzene rings is 3. The van der Waals surface area contributed by atoms with Crippen LogP contribution in [0.3, 0.4) is 0 Å². The molecule has 1 N–H and O–H groups in total. The molecule has 0 unspecified atom stereocenters. The molecular weight excluding hydrogens is 326 g/mol. The minimum atomic E-state index is -0.609. The predicted octanol–water partition coefficient (Wildman–Crippen LogP) is 5.30. The van der Waals surface area contributed by atoms with Crippen molar-refractivity contribution in [2.75, 3.05) is 5.32 Å². The molecule has 0 spiro atoms. The topological polar surface area (TPSA) is 51.5 Å². The molecule has 0 aliphatic rings. The number of fused-ring (bicyclic) bond motifs is 3. The third-order valence-corrected chi connectivity index (χ3v) is 4.41. The van der Waals surface area contributed by atoms with Crippen LogP contribution in [0.15, 0.2) is 71.1 Å². The number of rotatable bonds is 4. The smallest absolute Gasteiger partial charge is 0.265 e. The second-order valence-electron chi connectivity index (χ2n) is 6.32. The van der Waals surface area contributed by atoms with E-state index in [1.165, 1.54) is 0 Å². The molecule has 4 rings (SSSR count). The van der Waals surface area contributed by atoms with Gasteiger partial charge in [-0.15, -0.1) is 0 Å². The van der Waals surface area contributed by atoms with E-state index in [-0.39, 0.29) is 5.91 Å². The van der Waals surface area contributed by atoms with E-state index < -0.39 is 6.10 Å². The Morgan fingerprint density at radius 3 is 2.54 bits per heavy atom. The molecule has 26 heavy (non-hydrogen) atoms. The van der Waals surface area contributed by atoms with Crippen molar-refractivity contribution in [3.8, 4) is 5.75 Å². The monoisotopic (exact) mass is 345 g/mol. The molecule has 0 bridgehead atoms. The summed E-state index contributed by atoms with van der Waals surface area (Å²) in [6.45, 7) is 3.69. The molecule has 1 atom stereocenters. The lowest BCUT2D eigenvalue weighted by Gasteiger charge is -2.16. The van der Waals surface area contributed by atoms with Crippen molar-refractivity contribution in [3.05, 3.63) is 72.3 Å². The number of ether oxygens (including phenoxy) is 1. The summed E-state index contributed by atoms with van der Waals surface area (Å²) in [5.74, 6) is 0.506. The minimum Gasteiger partial charge on any atom is -0.481 e. The van der Waals surface area contributed by atoms with Crippen molar-refractivity contribution in [1.29, 1.82) is 0 Å². The second-order valence-corrected chi connectivity index (χ2v) is 6.32. The van der Waals surface area contributed by atoms with E-state index in [1.54, 1.807) is 6.92 Å². The highest BCUT2D eigenvalue weighted by molar-refractivity contribution is 6.06. The minimum absolute atomic E-state index is 0.205. The van der Waals surface area contributed by atoms with Gasteiger partial charge in [0.1, 0.15) is 16.9 Å². The van der Waals surface area contributed by atoms with Crippen LogP contribution in [0.4, 0.5) is 5.69 Å². The van der Waals surface area contributed by atoms with Gasteiger partial charge in [0, 0.05) is 22.5 Å². The molecule has 0 aliphatic heterocycles. The number of aryl methyl sites for hydroxylation is 1. The number of furan rings is 1. The summed E-state index contributed by atoms with van der Waals surface area (Å²) >= 11 is 0. The average molecular weight is 345 g/mol. The number of hydrogen-bond acceptors (Lipinski definition) is 3. The molecule has 0 aliphatic carbocycles. The lowest BCUT2D eigenvalue weighted by molar-refractivity contribution is -0.122. The Morgan fingerprint density at radius 1 is 0.962 bits per heavy atom. The number of nitrogens with one attached hydrogen (secondary N) is 1. The Hall–Kier alpha value is -3.27. The molecule has 1 aromatic heterocycles. The third kappa shape index (κ3) is 3.02. The van der Waals surface area contributed by atoms with Crippen molar-refractivity contribution in [3.63, 3.8) is 0 Å². The highest BCUT2D eigenvalue weighted by Crippen LogP contribution is 2.30. The van der Waals surface area contributed by atoms with Crippen LogP contribution < -0.4 is 10.1 Å². The van der Waals surface area contributed by atoms with Crippen LogP contribution in [0.2, 0.25) is 0 Å². The van der Waals surface area contributed by atoms with Crippen LogP contribution >= 0.6 is 0 Å². The van der Waals surface area contributed by atoms with Crippen molar-refractivity contribution in [2.45, 2.75) is 20.0 Å². The molecule has 4 nitrogen and oxygen atoms in total. The van der Waals surface area contributed by atoms with Crippen LogP contribution in [-0.4, -0.2) is 12.0 Å². The van der Waals surface area contributed by atoms with E-state index in [0.717, 1.165) is 27.5 Å². The first kappa shape index (κ1) is 16.2. The normalized spacial score (nSPS) is 12.2. The zero-order chi connectivity index (χ0) is 18.1. The highest BCUT2D eigenvalue weighted by atomic mass is 16.5. The van der Waals surface area contributed by atoms with Gasteiger partial charge < -0.3 is 14.5 Å². The molecule has 3 aromatic carbocycles. The van der Waals surface area contributed by atoms with Crippen molar-refractivity contribution >= 4 is 33.5 Å². The summed E-state index contributed by atoms with van der Waals surface area (Å²) in [6.07, 6.45) is -0.609. The van der Waals surface area contributed by atoms with E-state index in [1.807, 2.05) is 73.7 Å². The maximum atomic E-state index is 12.5. The zero-order valence-electron chi connectivity index (χ0n) is 14.7. The summed E-state index contributed by atoms with van der Waals surface area (Å²) in [7, 11) is 0. The van der Waals surface area contributed by atoms with Crippen molar-refractivity contribution < 1.29 is 13.9 Å². The maximum absolute atomic E-state index is 12.5. The third-order valence-electron chi connectivity index (χ3n) is 4.41. The molecule has 0 radical (unpaired) electrons. The first-order valence-corrected chi connectivity index (χ1v) is 8.56. The number of hydrogen-bond donors (Lipinski definition) is 1. The van der Waals surface area contributed by atoms with Crippen LogP contribution in [0.1, 0.15) is 12.5 Å². The number of anilines is 1. The molecular formula is C22H19NO3. The number of carbonyl (C=O) groups excluding carboxylic acids is 1. The van der Waals surface area contributed by atoms with Crippen LogP contribution in [0.25, 0.3) is 21.9 Å². The molecule has 4 aromatic rings. The largest absolute Gasteiger partial charge is 0.481 e. The molecule has 0 fully saturated rings. The van der Waals surface area contributed by atoms with E-state index in [4.69, 9.17) is 9.15 Å². The zero-order valence-corrected chi connectivity index (χ0v) is 14.7. The Balaban J connectivity index is 1.53. The Kier molecular flexibility index (Phi) is 4.09. The number of para-hydroxylation sites is 2. The highest BCUT2D eigenvalue weighted by Gasteiger charge is 2.16. The summed E-state index contributed by atoms with van der Waals surface area (Å²) in [6, 6.07) is 21.2. The first-order chi connectivity index (χ1) is 12.6. The van der Waals surface area contributed by atoms with Crippen LogP contribution in [0, 0.1) is 6.92 Å². The van der Waals surface area contributed by atoms with Gasteiger partial charge in [-0.05, 0) is 43.7 Å². The van der Waals surface area contributed by atoms with Crippen molar-refractivity contribution in [1.82, 2.24) is 0 Å². The molecule has 1 amide bonds. The first-order valence-electron chi connectivity index (χ1n) is 8.56. The van der Waals surface area contributed by atoms with E-state index in [0.29, 0.717) is 11.4 Å². The SMILES string of the molecule is Cc1ccccc1O[C@@H](C)C(=O)Nc1ccc2c(c1)oc1ccccc12. The van der Waals surface area contributed by atoms with Crippen LogP contribution in [0.5, 0.6) is 5.75 Å². The fourth-order valence-electron chi connectivity index (χ4n) is 2.98. The fraction of sp³-hybridized carbons (Fsp3) is 0.136. The fourth-order valence-corrected chi connectivity index (χ4v) is 2.98. The lowest BCUT2D eigenvalue weighted by Crippen LogP contribution is -2.30. The molecule has 4 heteroatoms. The summed E-state index contributed by atoms with van der Waals surface area (Å²) in [5.41, 5.74) is 3.26. The Morgan fingerprint density at radius 2 is 1.69 bits per heavy atom. The van der Waals surface area contributed by atoms with Gasteiger partial charge in [0.2, 0.25) is 0 Å². The van der Waals surface area contributed by atoms with Gasteiger partial charge in [-0.25, -0.2) is 0 Å². The van der Waals surface area contributed by atoms with Gasteiger partial charge >= 0.3 is 0 Å². The molecule has 0 saturated heterocycles. The van der Waals surface area contributed by atoms with Gasteiger partial charge in [0.25, 0.3) is 5.91 Å². The standard InChI is InChI=1S/C22H19NO3/c1-14-7-3-5-9-19(14)25-15(2)22(24)23-16-11-12-18-17-8-4-6-10-20(17)26-21(18)13-16/h3-13,15H,1-2H3,(H,23,24)/t15-/m0/s1. The predicted molar refractivity (Wildman–Crippen MR) is 104 cm³/mol. The van der Waals surface area contributed by atoms with Gasteiger partial charge in [-0.1, -0.05) is 36.4 Å². The van der Waals surface area contributed by atoms with Gasteiger partial charge in [0.05, 0.1) is 0 Å². The van der Waals surface area contributed by atoms with Gasteiger partial charge in [-0.3, -0.25) is 4.79 Å². The molecule has 0 saturated carbocycles. The summed E-state index contributed by atoms with van der Waals surface area (Å²) in [4.78, 5) is 12.5.